The molecule has 5 heteroatoms. The van der Waals surface area contributed by atoms with Crippen LogP contribution >= 0.6 is 27.3 Å². The summed E-state index contributed by atoms with van der Waals surface area (Å²) in [6, 6.07) is 6.14. The number of hydrogen-bond donors (Lipinski definition) is 1. The number of thiazole rings is 1. The summed E-state index contributed by atoms with van der Waals surface area (Å²) in [5, 5.41) is 2.04. The molecule has 0 aliphatic carbocycles. The molecular weight excluding hydrogens is 286 g/mol. The molecule has 0 aliphatic rings. The summed E-state index contributed by atoms with van der Waals surface area (Å²) in [7, 11) is 0. The van der Waals surface area contributed by atoms with Gasteiger partial charge in [-0.3, -0.25) is 0 Å². The molecule has 0 saturated carbocycles. The molecular formula is C11H8BrN3S. The largest absolute Gasteiger partial charge is 0.342 e. The number of halogens is 1. The first-order valence-electron chi connectivity index (χ1n) is 4.80. The number of imidazole rings is 1. The monoisotopic (exact) mass is 293 g/mol. The Bertz CT molecular complexity index is 656. The summed E-state index contributed by atoms with van der Waals surface area (Å²) >= 11 is 4.96. The highest BCUT2D eigenvalue weighted by Gasteiger charge is 2.05. The van der Waals surface area contributed by atoms with Crippen LogP contribution in [0.25, 0.3) is 22.3 Å². The van der Waals surface area contributed by atoms with Crippen LogP contribution < -0.4 is 0 Å². The SMILES string of the molecule is Cc1nc2ccc(-c3csc(Br)n3)cc2[nH]1. The third-order valence-electron chi connectivity index (χ3n) is 2.37. The number of aromatic amines is 1. The van der Waals surface area contributed by atoms with Crippen LogP contribution in [0.15, 0.2) is 27.5 Å². The van der Waals surface area contributed by atoms with Crippen LogP contribution in [0.2, 0.25) is 0 Å². The van der Waals surface area contributed by atoms with Crippen LogP contribution in [0.4, 0.5) is 0 Å². The van der Waals surface area contributed by atoms with Crippen molar-refractivity contribution >= 4 is 38.3 Å². The molecule has 3 rings (SSSR count). The zero-order chi connectivity index (χ0) is 11.1. The number of H-pyrrole nitrogens is 1. The molecule has 0 amide bonds. The summed E-state index contributed by atoms with van der Waals surface area (Å²) < 4.78 is 0.906. The summed E-state index contributed by atoms with van der Waals surface area (Å²) in [5.41, 5.74) is 4.15. The second-order valence-electron chi connectivity index (χ2n) is 3.54. The van der Waals surface area contributed by atoms with Gasteiger partial charge in [0.2, 0.25) is 0 Å². The molecule has 0 saturated heterocycles. The Balaban J connectivity index is 2.17. The Kier molecular flexibility index (Phi) is 2.29. The maximum atomic E-state index is 4.40. The zero-order valence-corrected chi connectivity index (χ0v) is 10.9. The number of benzene rings is 1. The van der Waals surface area contributed by atoms with Gasteiger partial charge in [-0.1, -0.05) is 6.07 Å². The van der Waals surface area contributed by atoms with Gasteiger partial charge < -0.3 is 4.98 Å². The van der Waals surface area contributed by atoms with Gasteiger partial charge in [0.15, 0.2) is 3.92 Å². The lowest BCUT2D eigenvalue weighted by molar-refractivity contribution is 1.17. The predicted octanol–water partition coefficient (Wildman–Crippen LogP) is 3.76. The quantitative estimate of drug-likeness (QED) is 0.742. The van der Waals surface area contributed by atoms with E-state index in [-0.39, 0.29) is 0 Å². The molecule has 3 nitrogen and oxygen atoms in total. The van der Waals surface area contributed by atoms with E-state index in [1.54, 1.807) is 11.3 Å². The van der Waals surface area contributed by atoms with Crippen LogP contribution in [0.5, 0.6) is 0 Å². The Morgan fingerprint density at radius 1 is 1.31 bits per heavy atom. The van der Waals surface area contributed by atoms with E-state index in [1.165, 1.54) is 0 Å². The standard InChI is InChI=1S/C11H8BrN3S/c1-6-13-8-3-2-7(4-9(8)14-6)10-5-16-11(12)15-10/h2-5H,1H3,(H,13,14). The molecule has 0 spiro atoms. The number of aromatic nitrogens is 3. The first-order chi connectivity index (χ1) is 7.72. The molecule has 16 heavy (non-hydrogen) atoms. The van der Waals surface area contributed by atoms with E-state index in [9.17, 15) is 0 Å². The molecule has 0 aliphatic heterocycles. The Morgan fingerprint density at radius 3 is 2.94 bits per heavy atom. The molecule has 1 N–H and O–H groups in total. The number of fused-ring (bicyclic) bond motifs is 1. The molecule has 0 bridgehead atoms. The van der Waals surface area contributed by atoms with Crippen molar-refractivity contribution < 1.29 is 0 Å². The van der Waals surface area contributed by atoms with Crippen LogP contribution in [0.3, 0.4) is 0 Å². The van der Waals surface area contributed by atoms with Gasteiger partial charge >= 0.3 is 0 Å². The van der Waals surface area contributed by atoms with Gasteiger partial charge in [-0.25, -0.2) is 9.97 Å². The number of nitrogens with one attached hydrogen (secondary N) is 1. The second-order valence-corrected chi connectivity index (χ2v) is 5.67. The van der Waals surface area contributed by atoms with Crippen molar-refractivity contribution in [2.75, 3.05) is 0 Å². The number of nitrogens with zero attached hydrogens (tertiary/aromatic N) is 2. The molecule has 0 atom stereocenters. The molecule has 2 aromatic heterocycles. The molecule has 1 aromatic carbocycles. The number of hydrogen-bond acceptors (Lipinski definition) is 3. The minimum Gasteiger partial charge on any atom is -0.342 e. The normalized spacial score (nSPS) is 11.1. The first-order valence-corrected chi connectivity index (χ1v) is 6.47. The van der Waals surface area contributed by atoms with Gasteiger partial charge in [-0.15, -0.1) is 11.3 Å². The molecule has 2 heterocycles. The van der Waals surface area contributed by atoms with Crippen molar-refractivity contribution in [1.82, 2.24) is 15.0 Å². The van der Waals surface area contributed by atoms with Gasteiger partial charge in [-0.2, -0.15) is 0 Å². The average molecular weight is 294 g/mol. The topological polar surface area (TPSA) is 41.6 Å². The molecule has 3 aromatic rings. The van der Waals surface area contributed by atoms with E-state index in [1.807, 2.05) is 24.4 Å². The summed E-state index contributed by atoms with van der Waals surface area (Å²) in [4.78, 5) is 12.0. The lowest BCUT2D eigenvalue weighted by Gasteiger charge is -1.95. The van der Waals surface area contributed by atoms with Crippen molar-refractivity contribution in [3.63, 3.8) is 0 Å². The van der Waals surface area contributed by atoms with E-state index >= 15 is 0 Å². The summed E-state index contributed by atoms with van der Waals surface area (Å²) in [5.74, 6) is 0.937. The van der Waals surface area contributed by atoms with Gasteiger partial charge in [-0.05, 0) is 35.0 Å². The van der Waals surface area contributed by atoms with Crippen LogP contribution in [0.1, 0.15) is 5.82 Å². The summed E-state index contributed by atoms with van der Waals surface area (Å²) in [6.07, 6.45) is 0. The van der Waals surface area contributed by atoms with Gasteiger partial charge in [0.1, 0.15) is 5.82 Å². The number of rotatable bonds is 1. The van der Waals surface area contributed by atoms with Crippen LogP contribution in [-0.4, -0.2) is 15.0 Å². The van der Waals surface area contributed by atoms with Crippen molar-refractivity contribution in [2.45, 2.75) is 6.92 Å². The third-order valence-corrected chi connectivity index (χ3v) is 3.74. The first kappa shape index (κ1) is 9.99. The Morgan fingerprint density at radius 2 is 2.19 bits per heavy atom. The highest BCUT2D eigenvalue weighted by molar-refractivity contribution is 9.11. The van der Waals surface area contributed by atoms with E-state index in [2.05, 4.69) is 36.9 Å². The van der Waals surface area contributed by atoms with E-state index in [4.69, 9.17) is 0 Å². The molecule has 0 fully saturated rings. The lowest BCUT2D eigenvalue weighted by atomic mass is 10.1. The average Bonchev–Trinajstić information content (AvgIpc) is 2.81. The van der Waals surface area contributed by atoms with Gasteiger partial charge in [0.25, 0.3) is 0 Å². The maximum absolute atomic E-state index is 4.40. The molecule has 0 unspecified atom stereocenters. The van der Waals surface area contributed by atoms with Crippen LogP contribution in [-0.2, 0) is 0 Å². The van der Waals surface area contributed by atoms with Crippen molar-refractivity contribution in [3.8, 4) is 11.3 Å². The van der Waals surface area contributed by atoms with Crippen molar-refractivity contribution in [3.05, 3.63) is 33.3 Å². The zero-order valence-electron chi connectivity index (χ0n) is 8.49. The van der Waals surface area contributed by atoms with E-state index < -0.39 is 0 Å². The Hall–Kier alpha value is -1.20. The van der Waals surface area contributed by atoms with Crippen LogP contribution in [0, 0.1) is 6.92 Å². The van der Waals surface area contributed by atoms with E-state index in [0.29, 0.717) is 0 Å². The predicted molar refractivity (Wildman–Crippen MR) is 69.6 cm³/mol. The lowest BCUT2D eigenvalue weighted by Crippen LogP contribution is -1.77. The second kappa shape index (κ2) is 3.68. The minimum absolute atomic E-state index is 0.906. The molecule has 80 valence electrons. The smallest absolute Gasteiger partial charge is 0.159 e. The Labute approximate surface area is 105 Å². The third kappa shape index (κ3) is 1.66. The van der Waals surface area contributed by atoms with Gasteiger partial charge in [0.05, 0.1) is 16.7 Å². The molecule has 0 radical (unpaired) electrons. The number of aryl methyl sites for hydroxylation is 1. The minimum atomic E-state index is 0.906. The van der Waals surface area contributed by atoms with E-state index in [0.717, 1.165) is 32.0 Å². The van der Waals surface area contributed by atoms with Gasteiger partial charge in [0, 0.05) is 10.9 Å². The fourth-order valence-electron chi connectivity index (χ4n) is 1.68. The summed E-state index contributed by atoms with van der Waals surface area (Å²) in [6.45, 7) is 1.96. The fraction of sp³-hybridized carbons (Fsp3) is 0.0909. The maximum Gasteiger partial charge on any atom is 0.159 e. The van der Waals surface area contributed by atoms with Crippen molar-refractivity contribution in [1.29, 1.82) is 0 Å². The highest BCUT2D eigenvalue weighted by atomic mass is 79.9. The highest BCUT2D eigenvalue weighted by Crippen LogP contribution is 2.26. The fourth-order valence-corrected chi connectivity index (χ4v) is 2.70. The van der Waals surface area contributed by atoms with Crippen molar-refractivity contribution in [2.24, 2.45) is 0 Å².